The van der Waals surface area contributed by atoms with Gasteiger partial charge in [-0.25, -0.2) is 0 Å². The molecular formula is C13H19N3O3. The van der Waals surface area contributed by atoms with E-state index in [4.69, 9.17) is 4.42 Å². The van der Waals surface area contributed by atoms with E-state index < -0.39 is 0 Å². The van der Waals surface area contributed by atoms with Crippen molar-refractivity contribution < 1.29 is 14.0 Å². The van der Waals surface area contributed by atoms with Gasteiger partial charge in [0.2, 0.25) is 5.91 Å². The molecule has 0 bridgehead atoms. The van der Waals surface area contributed by atoms with Crippen LogP contribution in [0.2, 0.25) is 0 Å². The molecule has 1 aliphatic rings. The Labute approximate surface area is 112 Å². The molecule has 0 unspecified atom stereocenters. The Morgan fingerprint density at radius 2 is 2.00 bits per heavy atom. The minimum absolute atomic E-state index is 0.00505. The van der Waals surface area contributed by atoms with Crippen LogP contribution >= 0.6 is 0 Å². The molecule has 2 heterocycles. The third-order valence-corrected chi connectivity index (χ3v) is 3.39. The highest BCUT2D eigenvalue weighted by Gasteiger charge is 2.24. The lowest BCUT2D eigenvalue weighted by molar-refractivity contribution is -0.122. The lowest BCUT2D eigenvalue weighted by Crippen LogP contribution is -2.50. The Bertz CT molecular complexity index is 461. The smallest absolute Gasteiger partial charge is 0.257 e. The van der Waals surface area contributed by atoms with E-state index in [9.17, 15) is 9.59 Å². The number of piperazine rings is 1. The van der Waals surface area contributed by atoms with E-state index in [-0.39, 0.29) is 11.8 Å². The number of hydrogen-bond donors (Lipinski definition) is 1. The molecule has 6 heteroatoms. The Morgan fingerprint density at radius 3 is 2.53 bits per heavy atom. The third kappa shape index (κ3) is 3.14. The number of rotatable bonds is 3. The van der Waals surface area contributed by atoms with E-state index >= 15 is 0 Å². The second-order valence-corrected chi connectivity index (χ2v) is 4.63. The monoisotopic (exact) mass is 265 g/mol. The molecule has 2 amide bonds. The zero-order chi connectivity index (χ0) is 13.8. The van der Waals surface area contributed by atoms with E-state index in [0.29, 0.717) is 31.0 Å². The average molecular weight is 265 g/mol. The summed E-state index contributed by atoms with van der Waals surface area (Å²) in [5.41, 5.74) is 0.625. The van der Waals surface area contributed by atoms with Crippen molar-refractivity contribution in [3.05, 3.63) is 23.7 Å². The van der Waals surface area contributed by atoms with Gasteiger partial charge in [-0.1, -0.05) is 0 Å². The standard InChI is InChI=1S/C13H19N3O3/c1-10-11(3-8-19-10)13(18)16-6-4-15(5-7-16)9-12(17)14-2/h3,8H,4-7,9H2,1-2H3,(H,14,17). The Morgan fingerprint density at radius 1 is 1.32 bits per heavy atom. The first kappa shape index (κ1) is 13.6. The first-order valence-corrected chi connectivity index (χ1v) is 6.38. The molecule has 0 saturated carbocycles. The van der Waals surface area contributed by atoms with Crippen LogP contribution in [0.4, 0.5) is 0 Å². The molecule has 1 aromatic heterocycles. The Balaban J connectivity index is 1.88. The molecule has 1 aliphatic heterocycles. The summed E-state index contributed by atoms with van der Waals surface area (Å²) in [5, 5.41) is 2.60. The first-order valence-electron chi connectivity index (χ1n) is 6.38. The van der Waals surface area contributed by atoms with E-state index in [1.165, 1.54) is 6.26 Å². The fourth-order valence-electron chi connectivity index (χ4n) is 2.17. The van der Waals surface area contributed by atoms with E-state index in [0.717, 1.165) is 13.1 Å². The number of nitrogens with zero attached hydrogens (tertiary/aromatic N) is 2. The Hall–Kier alpha value is -1.82. The Kier molecular flexibility index (Phi) is 4.21. The molecule has 1 saturated heterocycles. The second-order valence-electron chi connectivity index (χ2n) is 4.63. The normalized spacial score (nSPS) is 16.4. The highest BCUT2D eigenvalue weighted by atomic mass is 16.3. The maximum absolute atomic E-state index is 12.2. The first-order chi connectivity index (χ1) is 9.11. The van der Waals surface area contributed by atoms with Crippen LogP contribution in [0, 0.1) is 6.92 Å². The van der Waals surface area contributed by atoms with Crippen LogP contribution in [-0.2, 0) is 4.79 Å². The summed E-state index contributed by atoms with van der Waals surface area (Å²) in [6.45, 7) is 4.89. The van der Waals surface area contributed by atoms with Crippen molar-refractivity contribution in [2.75, 3.05) is 39.8 Å². The molecule has 0 spiro atoms. The molecule has 0 radical (unpaired) electrons. The van der Waals surface area contributed by atoms with Gasteiger partial charge >= 0.3 is 0 Å². The molecule has 1 N–H and O–H groups in total. The van der Waals surface area contributed by atoms with Crippen LogP contribution in [0.25, 0.3) is 0 Å². The highest BCUT2D eigenvalue weighted by molar-refractivity contribution is 5.95. The van der Waals surface area contributed by atoms with Gasteiger partial charge in [0.15, 0.2) is 0 Å². The van der Waals surface area contributed by atoms with Crippen LogP contribution in [-0.4, -0.2) is 61.4 Å². The summed E-state index contributed by atoms with van der Waals surface area (Å²) in [5.74, 6) is 0.661. The number of carbonyl (C=O) groups excluding carboxylic acids is 2. The molecule has 2 rings (SSSR count). The van der Waals surface area contributed by atoms with E-state index in [1.807, 2.05) is 4.90 Å². The van der Waals surface area contributed by atoms with Gasteiger partial charge in [0.25, 0.3) is 5.91 Å². The number of likely N-dealkylation sites (N-methyl/N-ethyl adjacent to an activating group) is 1. The van der Waals surface area contributed by atoms with Crippen LogP contribution in [0.3, 0.4) is 0 Å². The van der Waals surface area contributed by atoms with Gasteiger partial charge in [0.05, 0.1) is 18.4 Å². The zero-order valence-electron chi connectivity index (χ0n) is 11.3. The van der Waals surface area contributed by atoms with Crippen molar-refractivity contribution in [1.29, 1.82) is 0 Å². The number of amides is 2. The predicted octanol–water partition coefficient (Wildman–Crippen LogP) is 0.0918. The van der Waals surface area contributed by atoms with Crippen LogP contribution in [0.5, 0.6) is 0 Å². The third-order valence-electron chi connectivity index (χ3n) is 3.39. The van der Waals surface area contributed by atoms with Gasteiger partial charge in [0, 0.05) is 33.2 Å². The molecule has 6 nitrogen and oxygen atoms in total. The largest absolute Gasteiger partial charge is 0.469 e. The van der Waals surface area contributed by atoms with Gasteiger partial charge in [-0.3, -0.25) is 14.5 Å². The maximum atomic E-state index is 12.2. The van der Waals surface area contributed by atoms with Crippen LogP contribution < -0.4 is 5.32 Å². The minimum Gasteiger partial charge on any atom is -0.469 e. The average Bonchev–Trinajstić information content (AvgIpc) is 2.85. The molecule has 104 valence electrons. The van der Waals surface area contributed by atoms with Crippen molar-refractivity contribution >= 4 is 11.8 Å². The van der Waals surface area contributed by atoms with Gasteiger partial charge in [-0.2, -0.15) is 0 Å². The SMILES string of the molecule is CNC(=O)CN1CCN(C(=O)c2ccoc2C)CC1. The number of carbonyl (C=O) groups is 2. The summed E-state index contributed by atoms with van der Waals surface area (Å²) in [6, 6.07) is 1.70. The fraction of sp³-hybridized carbons (Fsp3) is 0.538. The van der Waals surface area contributed by atoms with Gasteiger partial charge in [0.1, 0.15) is 5.76 Å². The van der Waals surface area contributed by atoms with Crippen molar-refractivity contribution in [3.8, 4) is 0 Å². The summed E-state index contributed by atoms with van der Waals surface area (Å²) < 4.78 is 5.15. The van der Waals surface area contributed by atoms with Crippen molar-refractivity contribution in [3.63, 3.8) is 0 Å². The van der Waals surface area contributed by atoms with Crippen molar-refractivity contribution in [2.45, 2.75) is 6.92 Å². The maximum Gasteiger partial charge on any atom is 0.257 e. The zero-order valence-corrected chi connectivity index (χ0v) is 11.3. The summed E-state index contributed by atoms with van der Waals surface area (Å²) in [7, 11) is 1.63. The summed E-state index contributed by atoms with van der Waals surface area (Å²) in [6.07, 6.45) is 1.53. The minimum atomic E-state index is 0.00505. The van der Waals surface area contributed by atoms with Crippen LogP contribution in [0.15, 0.2) is 16.7 Å². The van der Waals surface area contributed by atoms with Crippen LogP contribution in [0.1, 0.15) is 16.1 Å². The molecule has 0 aliphatic carbocycles. The molecular weight excluding hydrogens is 246 g/mol. The summed E-state index contributed by atoms with van der Waals surface area (Å²) >= 11 is 0. The predicted molar refractivity (Wildman–Crippen MR) is 69.9 cm³/mol. The number of furan rings is 1. The lowest BCUT2D eigenvalue weighted by atomic mass is 10.2. The molecule has 1 fully saturated rings. The quantitative estimate of drug-likeness (QED) is 0.841. The number of aryl methyl sites for hydroxylation is 1. The van der Waals surface area contributed by atoms with Crippen molar-refractivity contribution in [1.82, 2.24) is 15.1 Å². The number of nitrogens with one attached hydrogen (secondary N) is 1. The number of hydrogen-bond acceptors (Lipinski definition) is 4. The fourth-order valence-corrected chi connectivity index (χ4v) is 2.17. The molecule has 0 atom stereocenters. The topological polar surface area (TPSA) is 65.8 Å². The van der Waals surface area contributed by atoms with Gasteiger partial charge in [-0.15, -0.1) is 0 Å². The molecule has 19 heavy (non-hydrogen) atoms. The molecule has 1 aromatic rings. The summed E-state index contributed by atoms with van der Waals surface area (Å²) in [4.78, 5) is 27.4. The van der Waals surface area contributed by atoms with Gasteiger partial charge in [-0.05, 0) is 13.0 Å². The van der Waals surface area contributed by atoms with Gasteiger partial charge < -0.3 is 14.6 Å². The lowest BCUT2D eigenvalue weighted by Gasteiger charge is -2.34. The highest BCUT2D eigenvalue weighted by Crippen LogP contribution is 2.13. The van der Waals surface area contributed by atoms with E-state index in [1.54, 1.807) is 24.9 Å². The van der Waals surface area contributed by atoms with Crippen molar-refractivity contribution in [2.24, 2.45) is 0 Å². The van der Waals surface area contributed by atoms with E-state index in [2.05, 4.69) is 5.32 Å². The molecule has 0 aromatic carbocycles. The second kappa shape index (κ2) is 5.88.